The van der Waals surface area contributed by atoms with Crippen molar-refractivity contribution in [3.63, 3.8) is 0 Å². The van der Waals surface area contributed by atoms with E-state index in [-0.39, 0.29) is 68.3 Å². The molecule has 1 radical (unpaired) electrons. The van der Waals surface area contributed by atoms with Crippen molar-refractivity contribution in [3.05, 3.63) is 47.9 Å². The molecule has 1 aliphatic carbocycles. The summed E-state index contributed by atoms with van der Waals surface area (Å²) in [4.78, 5) is 26.5. The van der Waals surface area contributed by atoms with E-state index in [1.807, 2.05) is 25.1 Å². The van der Waals surface area contributed by atoms with Gasteiger partial charge in [-0.2, -0.15) is 0 Å². The molecule has 8 nitrogen and oxygen atoms in total. The van der Waals surface area contributed by atoms with Crippen LogP contribution in [0.3, 0.4) is 0 Å². The molecule has 5 atom stereocenters. The Balaban J connectivity index is 0.00000253. The Hall–Kier alpha value is -1.39. The van der Waals surface area contributed by atoms with Crippen molar-refractivity contribution in [3.8, 4) is 0 Å². The number of thioether (sulfide) groups is 1. The normalized spacial score (nSPS) is 27.6. The van der Waals surface area contributed by atoms with Crippen LogP contribution < -0.4 is 0 Å². The van der Waals surface area contributed by atoms with E-state index in [1.54, 1.807) is 12.1 Å². The van der Waals surface area contributed by atoms with Crippen LogP contribution in [0.25, 0.3) is 11.2 Å². The van der Waals surface area contributed by atoms with Crippen LogP contribution in [0, 0.1) is 25.1 Å². The van der Waals surface area contributed by atoms with Gasteiger partial charge < -0.3 is 28.7 Å². The van der Waals surface area contributed by atoms with Gasteiger partial charge in [-0.05, 0) is 67.6 Å². The van der Waals surface area contributed by atoms with Crippen LogP contribution in [-0.2, 0) is 46.9 Å². The minimum absolute atomic E-state index is 0. The number of hydrogen-bond donors (Lipinski definition) is 0. The molecule has 2 fully saturated rings. The molecule has 0 N–H and O–H groups in total. The molecule has 4 heterocycles. The maximum atomic E-state index is 13.0. The van der Waals surface area contributed by atoms with Gasteiger partial charge in [0.1, 0.15) is 0 Å². The second kappa shape index (κ2) is 10.9. The van der Waals surface area contributed by atoms with Gasteiger partial charge in [0.05, 0.1) is 12.2 Å². The van der Waals surface area contributed by atoms with Gasteiger partial charge in [0.25, 0.3) is 0 Å². The zero-order chi connectivity index (χ0) is 23.1. The van der Waals surface area contributed by atoms with Crippen LogP contribution in [-0.4, -0.2) is 50.4 Å². The molecule has 181 valence electrons. The summed E-state index contributed by atoms with van der Waals surface area (Å²) in [5.74, 6) is 0.0785. The molecule has 1 saturated carbocycles. The molecule has 2 aromatic heterocycles. The van der Waals surface area contributed by atoms with E-state index in [4.69, 9.17) is 19.2 Å². The Kier molecular flexibility index (Phi) is 7.89. The molecule has 10 heteroatoms. The number of carbonyl (C=O) groups excluding carboxylic acids is 1. The summed E-state index contributed by atoms with van der Waals surface area (Å²) in [6.07, 6.45) is 7.58. The molecule has 2 unspecified atom stereocenters. The van der Waals surface area contributed by atoms with Crippen LogP contribution in [0.4, 0.5) is 0 Å². The number of esters is 1. The number of aromatic nitrogens is 4. The average molecular weight is 568 g/mol. The van der Waals surface area contributed by atoms with Gasteiger partial charge in [0.2, 0.25) is 0 Å². The van der Waals surface area contributed by atoms with E-state index in [2.05, 4.69) is 20.9 Å². The molecular formula is C25H27N4O4SY-. The molecule has 2 aliphatic heterocycles. The fraction of sp³-hybridized carbons (Fsp3) is 0.520. The second-order valence-electron chi connectivity index (χ2n) is 9.28. The average Bonchev–Trinajstić information content (AvgIpc) is 3.41. The first kappa shape index (κ1) is 25.3. The molecule has 3 aliphatic rings. The van der Waals surface area contributed by atoms with E-state index in [0.29, 0.717) is 12.2 Å². The largest absolute Gasteiger partial charge is 0.447 e. The first-order valence-corrected chi connectivity index (χ1v) is 12.8. The number of rotatable bonds is 5. The molecule has 1 aromatic carbocycles. The Morgan fingerprint density at radius 3 is 2.89 bits per heavy atom. The third kappa shape index (κ3) is 5.07. The van der Waals surface area contributed by atoms with E-state index < -0.39 is 0 Å². The minimum Gasteiger partial charge on any atom is -0.447 e. The fourth-order valence-corrected chi connectivity index (χ4v) is 6.70. The molecule has 1 saturated heterocycles. The smallest absolute Gasteiger partial charge is 0.339 e. The standard InChI is InChI=1S/C25H27N4O4S.Y/c1-15-21-22(27-14-26-15)29-18-11-17(13-32-20-9-5-6-10-31-20)19(12-18)24(34-25(29)28-21)33-23(30)16-7-3-2-4-8-16;/h2-4,7-8,17-20,24H,5-6,9-13H2,1H3;/q-1;/t17-,18-,19-,20?,24?;/m0./s1. The van der Waals surface area contributed by atoms with Crippen molar-refractivity contribution < 1.29 is 51.7 Å². The molecule has 6 rings (SSSR count). The second-order valence-corrected chi connectivity index (χ2v) is 10.3. The van der Waals surface area contributed by atoms with Crippen LogP contribution >= 0.6 is 11.8 Å². The predicted octanol–water partition coefficient (Wildman–Crippen LogP) is 4.33. The summed E-state index contributed by atoms with van der Waals surface area (Å²) in [6.45, 7) is 3.27. The zero-order valence-electron chi connectivity index (χ0n) is 19.6. The minimum atomic E-state index is -0.367. The summed E-state index contributed by atoms with van der Waals surface area (Å²) in [7, 11) is 0. The Morgan fingerprint density at radius 1 is 1.23 bits per heavy atom. The van der Waals surface area contributed by atoms with Crippen molar-refractivity contribution in [1.29, 1.82) is 0 Å². The van der Waals surface area contributed by atoms with Crippen LogP contribution in [0.5, 0.6) is 0 Å². The van der Waals surface area contributed by atoms with Crippen LogP contribution in [0.1, 0.15) is 54.2 Å². The molecule has 3 aromatic rings. The quantitative estimate of drug-likeness (QED) is 0.332. The topological polar surface area (TPSA) is 88.4 Å². The maximum Gasteiger partial charge on any atom is 0.339 e. The third-order valence-corrected chi connectivity index (χ3v) is 8.27. The number of carbonyl (C=O) groups is 1. The summed E-state index contributed by atoms with van der Waals surface area (Å²) in [6, 6.07) is 9.36. The number of benzene rings is 1. The SMILES string of the molecule is Cc1n[c-]nc2c1nc1n2[C@H]2C[C@@H](COC3CCCCO3)[C@H](C2)C(OC(=O)c2ccccc2)S1.[Y]. The van der Waals surface area contributed by atoms with Crippen molar-refractivity contribution in [1.82, 2.24) is 19.5 Å². The van der Waals surface area contributed by atoms with E-state index >= 15 is 0 Å². The van der Waals surface area contributed by atoms with Gasteiger partial charge in [-0.25, -0.2) is 9.78 Å². The number of imidazole rings is 1. The molecule has 0 amide bonds. The zero-order valence-corrected chi connectivity index (χ0v) is 23.3. The number of nitrogens with zero attached hydrogens (tertiary/aromatic N) is 4. The molecule has 35 heavy (non-hydrogen) atoms. The van der Waals surface area contributed by atoms with Gasteiger partial charge in [0.15, 0.2) is 16.9 Å². The van der Waals surface area contributed by atoms with Gasteiger partial charge in [-0.3, -0.25) is 0 Å². The maximum absolute atomic E-state index is 13.0. The molecule has 0 spiro atoms. The Bertz CT molecular complexity index is 1190. The van der Waals surface area contributed by atoms with E-state index in [0.717, 1.165) is 60.7 Å². The molecular weight excluding hydrogens is 541 g/mol. The van der Waals surface area contributed by atoms with Gasteiger partial charge in [0, 0.05) is 68.8 Å². The van der Waals surface area contributed by atoms with Crippen LogP contribution in [0.2, 0.25) is 0 Å². The van der Waals surface area contributed by atoms with Crippen LogP contribution in [0.15, 0.2) is 35.5 Å². The fourth-order valence-electron chi connectivity index (χ4n) is 5.35. The number of hydrogen-bond acceptors (Lipinski definition) is 8. The van der Waals surface area contributed by atoms with E-state index in [1.165, 1.54) is 11.8 Å². The van der Waals surface area contributed by atoms with Crippen molar-refractivity contribution >= 4 is 28.9 Å². The van der Waals surface area contributed by atoms with Crippen molar-refractivity contribution in [2.24, 2.45) is 11.8 Å². The Labute approximate surface area is 233 Å². The van der Waals surface area contributed by atoms with Gasteiger partial charge in [-0.1, -0.05) is 25.1 Å². The number of ether oxygens (including phenoxy) is 3. The summed E-state index contributed by atoms with van der Waals surface area (Å²) < 4.78 is 20.3. The van der Waals surface area contributed by atoms with Gasteiger partial charge in [-0.15, -0.1) is 0 Å². The number of fused-ring (bicyclic) bond motifs is 6. The summed E-state index contributed by atoms with van der Waals surface area (Å²) >= 11 is 1.50. The predicted molar refractivity (Wildman–Crippen MR) is 125 cm³/mol. The summed E-state index contributed by atoms with van der Waals surface area (Å²) in [5, 5.41) is 0.820. The first-order chi connectivity index (χ1) is 16.7. The molecule has 2 bridgehead atoms. The summed E-state index contributed by atoms with van der Waals surface area (Å²) in [5.41, 5.74) is 2.56. The Morgan fingerprint density at radius 2 is 2.09 bits per heavy atom. The van der Waals surface area contributed by atoms with Gasteiger partial charge >= 0.3 is 5.97 Å². The van der Waals surface area contributed by atoms with E-state index in [9.17, 15) is 4.79 Å². The van der Waals surface area contributed by atoms with Crippen molar-refractivity contribution in [2.75, 3.05) is 13.2 Å². The third-order valence-electron chi connectivity index (χ3n) is 7.10. The monoisotopic (exact) mass is 568 g/mol. The number of aryl methyl sites for hydroxylation is 1. The van der Waals surface area contributed by atoms with Crippen molar-refractivity contribution in [2.45, 2.75) is 62.0 Å². The first-order valence-electron chi connectivity index (χ1n) is 12.0.